The molecule has 4 unspecified atom stereocenters. The quantitative estimate of drug-likeness (QED) is 0.722. The molecular formula is C15H25N3O3. The zero-order valence-corrected chi connectivity index (χ0v) is 12.5. The van der Waals surface area contributed by atoms with Gasteiger partial charge in [-0.3, -0.25) is 4.79 Å². The van der Waals surface area contributed by atoms with E-state index < -0.39 is 11.9 Å². The van der Waals surface area contributed by atoms with Gasteiger partial charge >= 0.3 is 12.0 Å². The first kappa shape index (κ1) is 14.6. The van der Waals surface area contributed by atoms with Gasteiger partial charge in [0.2, 0.25) is 0 Å². The van der Waals surface area contributed by atoms with Crippen molar-refractivity contribution in [2.24, 2.45) is 17.8 Å². The van der Waals surface area contributed by atoms with E-state index in [-0.39, 0.29) is 24.0 Å². The lowest BCUT2D eigenvalue weighted by molar-refractivity contribution is -0.144. The van der Waals surface area contributed by atoms with Crippen LogP contribution >= 0.6 is 0 Å². The molecule has 4 atom stereocenters. The Morgan fingerprint density at radius 1 is 1.05 bits per heavy atom. The summed E-state index contributed by atoms with van der Waals surface area (Å²) >= 11 is 0. The van der Waals surface area contributed by atoms with Crippen molar-refractivity contribution < 1.29 is 14.7 Å². The number of carbonyl (C=O) groups excluding carboxylic acids is 1. The summed E-state index contributed by atoms with van der Waals surface area (Å²) in [6, 6.07) is -0.163. The van der Waals surface area contributed by atoms with Gasteiger partial charge in [-0.05, 0) is 64.1 Å². The number of carboxylic acid groups (broad SMARTS) is 1. The summed E-state index contributed by atoms with van der Waals surface area (Å²) in [7, 11) is 2.09. The molecule has 3 N–H and O–H groups in total. The maximum Gasteiger partial charge on any atom is 0.315 e. The van der Waals surface area contributed by atoms with Crippen LogP contribution in [0, 0.1) is 17.8 Å². The molecule has 0 aromatic carbocycles. The van der Waals surface area contributed by atoms with Gasteiger partial charge in [0.1, 0.15) is 0 Å². The lowest BCUT2D eigenvalue weighted by Gasteiger charge is -2.32. The molecule has 6 nitrogen and oxygen atoms in total. The van der Waals surface area contributed by atoms with Crippen LogP contribution in [-0.4, -0.2) is 54.2 Å². The largest absolute Gasteiger partial charge is 0.481 e. The average molecular weight is 295 g/mol. The molecule has 3 rings (SSSR count). The maximum absolute atomic E-state index is 12.2. The smallest absolute Gasteiger partial charge is 0.315 e. The Hall–Kier alpha value is -1.30. The minimum atomic E-state index is -0.758. The summed E-state index contributed by atoms with van der Waals surface area (Å²) in [5, 5.41) is 15.4. The highest BCUT2D eigenvalue weighted by atomic mass is 16.4. The summed E-state index contributed by atoms with van der Waals surface area (Å²) in [6.07, 6.45) is 4.92. The second kappa shape index (κ2) is 5.83. The van der Waals surface area contributed by atoms with E-state index in [1.165, 1.54) is 0 Å². The van der Waals surface area contributed by atoms with E-state index in [9.17, 15) is 14.7 Å². The standard InChI is InChI=1S/C15H25N3O3/c1-18-6-4-11(5-7-18)16-15(21)17-13-10-3-2-9(8-10)12(13)14(19)20/h9-13H,2-8H2,1H3,(H,19,20)(H2,16,17,21). The Morgan fingerprint density at radius 2 is 1.71 bits per heavy atom. The fraction of sp³-hybridized carbons (Fsp3) is 0.867. The molecule has 6 heteroatoms. The number of hydrogen-bond donors (Lipinski definition) is 3. The van der Waals surface area contributed by atoms with Crippen LogP contribution in [0.5, 0.6) is 0 Å². The Labute approximate surface area is 125 Å². The molecule has 0 spiro atoms. The number of aliphatic carboxylic acids is 1. The Kier molecular flexibility index (Phi) is 4.06. The highest BCUT2D eigenvalue weighted by molar-refractivity contribution is 5.77. The number of carbonyl (C=O) groups is 2. The summed E-state index contributed by atoms with van der Waals surface area (Å²) in [5.41, 5.74) is 0. The highest BCUT2D eigenvalue weighted by Gasteiger charge is 2.51. The van der Waals surface area contributed by atoms with E-state index in [1.807, 2.05) is 0 Å². The predicted molar refractivity (Wildman–Crippen MR) is 77.9 cm³/mol. The number of rotatable bonds is 3. The Bertz CT molecular complexity index is 420. The van der Waals surface area contributed by atoms with Crippen molar-refractivity contribution in [1.29, 1.82) is 0 Å². The third-order valence-corrected chi connectivity index (χ3v) is 5.55. The van der Waals surface area contributed by atoms with Gasteiger partial charge in [-0.25, -0.2) is 4.79 Å². The molecular weight excluding hydrogens is 270 g/mol. The van der Waals surface area contributed by atoms with E-state index in [1.54, 1.807) is 0 Å². The maximum atomic E-state index is 12.2. The van der Waals surface area contributed by atoms with Crippen LogP contribution in [0.2, 0.25) is 0 Å². The lowest BCUT2D eigenvalue weighted by atomic mass is 9.84. The molecule has 2 saturated carbocycles. The van der Waals surface area contributed by atoms with Crippen molar-refractivity contribution in [3.63, 3.8) is 0 Å². The van der Waals surface area contributed by atoms with E-state index in [4.69, 9.17) is 0 Å². The summed E-state index contributed by atoms with van der Waals surface area (Å²) in [4.78, 5) is 25.9. The fourth-order valence-corrected chi connectivity index (χ4v) is 4.39. The van der Waals surface area contributed by atoms with Crippen molar-refractivity contribution in [1.82, 2.24) is 15.5 Å². The lowest BCUT2D eigenvalue weighted by Crippen LogP contribution is -2.53. The van der Waals surface area contributed by atoms with Crippen LogP contribution in [0.4, 0.5) is 4.79 Å². The van der Waals surface area contributed by atoms with Crippen molar-refractivity contribution in [2.75, 3.05) is 20.1 Å². The van der Waals surface area contributed by atoms with Crippen LogP contribution in [0.25, 0.3) is 0 Å². The highest BCUT2D eigenvalue weighted by Crippen LogP contribution is 2.48. The third kappa shape index (κ3) is 3.00. The van der Waals surface area contributed by atoms with Gasteiger partial charge in [-0.1, -0.05) is 0 Å². The number of urea groups is 1. The molecule has 2 aliphatic carbocycles. The minimum absolute atomic E-state index is 0.187. The first-order chi connectivity index (χ1) is 10.0. The molecule has 0 aromatic heterocycles. The summed E-state index contributed by atoms with van der Waals surface area (Å²) < 4.78 is 0. The first-order valence-electron chi connectivity index (χ1n) is 8.03. The van der Waals surface area contributed by atoms with E-state index >= 15 is 0 Å². The number of nitrogens with zero attached hydrogens (tertiary/aromatic N) is 1. The Balaban J connectivity index is 1.53. The monoisotopic (exact) mass is 295 g/mol. The third-order valence-electron chi connectivity index (χ3n) is 5.55. The molecule has 2 bridgehead atoms. The van der Waals surface area contributed by atoms with Crippen molar-refractivity contribution in [3.05, 3.63) is 0 Å². The molecule has 118 valence electrons. The fourth-order valence-electron chi connectivity index (χ4n) is 4.39. The second-order valence-corrected chi connectivity index (χ2v) is 6.92. The minimum Gasteiger partial charge on any atom is -0.481 e. The zero-order chi connectivity index (χ0) is 15.0. The molecule has 0 aromatic rings. The van der Waals surface area contributed by atoms with Crippen LogP contribution in [-0.2, 0) is 4.79 Å². The number of carboxylic acids is 1. The van der Waals surface area contributed by atoms with Crippen LogP contribution < -0.4 is 10.6 Å². The average Bonchev–Trinajstić information content (AvgIpc) is 3.02. The van der Waals surface area contributed by atoms with E-state index in [0.717, 1.165) is 45.2 Å². The van der Waals surface area contributed by atoms with Gasteiger partial charge in [0.05, 0.1) is 5.92 Å². The number of nitrogens with one attached hydrogen (secondary N) is 2. The van der Waals surface area contributed by atoms with Crippen molar-refractivity contribution in [3.8, 4) is 0 Å². The van der Waals surface area contributed by atoms with Crippen LogP contribution in [0.3, 0.4) is 0 Å². The molecule has 1 aliphatic heterocycles. The molecule has 3 aliphatic rings. The summed E-state index contributed by atoms with van der Waals surface area (Å²) in [5.74, 6) is -0.556. The van der Waals surface area contributed by atoms with Gasteiger partial charge < -0.3 is 20.6 Å². The van der Waals surface area contributed by atoms with Crippen molar-refractivity contribution in [2.45, 2.75) is 44.2 Å². The predicted octanol–water partition coefficient (Wildman–Crippen LogP) is 0.879. The molecule has 21 heavy (non-hydrogen) atoms. The van der Waals surface area contributed by atoms with Gasteiger partial charge in [0, 0.05) is 12.1 Å². The topological polar surface area (TPSA) is 81.7 Å². The molecule has 2 amide bonds. The normalized spacial score (nSPS) is 36.6. The first-order valence-corrected chi connectivity index (χ1v) is 8.03. The van der Waals surface area contributed by atoms with Gasteiger partial charge in [0.15, 0.2) is 0 Å². The van der Waals surface area contributed by atoms with Crippen LogP contribution in [0.1, 0.15) is 32.1 Å². The molecule has 1 saturated heterocycles. The zero-order valence-electron chi connectivity index (χ0n) is 12.5. The Morgan fingerprint density at radius 3 is 2.38 bits per heavy atom. The van der Waals surface area contributed by atoms with Gasteiger partial charge in [-0.15, -0.1) is 0 Å². The number of likely N-dealkylation sites (tertiary alicyclic amines) is 1. The van der Waals surface area contributed by atoms with Gasteiger partial charge in [-0.2, -0.15) is 0 Å². The second-order valence-electron chi connectivity index (χ2n) is 6.92. The number of piperidine rings is 1. The molecule has 3 fully saturated rings. The molecule has 1 heterocycles. The molecule has 0 radical (unpaired) electrons. The number of amides is 2. The van der Waals surface area contributed by atoms with E-state index in [2.05, 4.69) is 22.6 Å². The number of hydrogen-bond acceptors (Lipinski definition) is 3. The number of fused-ring (bicyclic) bond motifs is 2. The van der Waals surface area contributed by atoms with Gasteiger partial charge in [0.25, 0.3) is 0 Å². The van der Waals surface area contributed by atoms with E-state index in [0.29, 0.717) is 5.92 Å². The van der Waals surface area contributed by atoms with Crippen molar-refractivity contribution >= 4 is 12.0 Å². The SMILES string of the molecule is CN1CCC(NC(=O)NC2C3CCC(C3)C2C(=O)O)CC1. The van der Waals surface area contributed by atoms with Crippen LogP contribution in [0.15, 0.2) is 0 Å². The summed E-state index contributed by atoms with van der Waals surface area (Å²) in [6.45, 7) is 1.99.